The lowest BCUT2D eigenvalue weighted by Crippen LogP contribution is -1.99. The maximum atomic E-state index is 5.56. The van der Waals surface area contributed by atoms with E-state index in [-0.39, 0.29) is 6.10 Å². The first kappa shape index (κ1) is 7.49. The topological polar surface area (TPSA) is 31.4 Å². The summed E-state index contributed by atoms with van der Waals surface area (Å²) >= 11 is 7.10. The molecule has 60 valence electrons. The van der Waals surface area contributed by atoms with Gasteiger partial charge in [0.05, 0.1) is 6.61 Å². The summed E-state index contributed by atoms with van der Waals surface area (Å²) in [6.45, 7) is 0.502. The number of hydrogen-bond donors (Lipinski definition) is 0. The highest BCUT2D eigenvalue weighted by Gasteiger charge is 2.26. The van der Waals surface area contributed by atoms with Crippen molar-refractivity contribution in [2.75, 3.05) is 6.61 Å². The number of alkyl halides is 1. The van der Waals surface area contributed by atoms with Crippen molar-refractivity contribution in [3.8, 4) is 0 Å². The molecule has 1 saturated heterocycles. The van der Waals surface area contributed by atoms with Gasteiger partial charge in [0.1, 0.15) is 11.1 Å². The van der Waals surface area contributed by atoms with E-state index in [9.17, 15) is 0 Å². The van der Waals surface area contributed by atoms with Gasteiger partial charge in [0.15, 0.2) is 0 Å². The Balaban J connectivity index is 2.08. The molecule has 0 aromatic carbocycles. The average molecular weight is 192 g/mol. The largest absolute Gasteiger partial charge is 0.336 e. The zero-order valence-electron chi connectivity index (χ0n) is 5.57. The molecule has 5 heteroatoms. The Morgan fingerprint density at radius 1 is 1.73 bits per heavy atom. The summed E-state index contributed by atoms with van der Waals surface area (Å²) in [5.74, 6) is -0.608. The van der Waals surface area contributed by atoms with Gasteiger partial charge in [-0.2, -0.15) is 0 Å². The molecule has 0 amide bonds. The van der Waals surface area contributed by atoms with Crippen molar-refractivity contribution in [1.29, 1.82) is 0 Å². The molecule has 0 saturated carbocycles. The first-order valence-electron chi connectivity index (χ1n) is 3.17. The Morgan fingerprint density at radius 3 is 3.18 bits per heavy atom. The molecule has 0 bridgehead atoms. The molecule has 0 radical (unpaired) electrons. The van der Waals surface area contributed by atoms with Gasteiger partial charge in [0, 0.05) is 11.6 Å². The van der Waals surface area contributed by atoms with Crippen molar-refractivity contribution in [1.82, 2.24) is 4.98 Å². The number of ether oxygens (including phenoxy) is 2. The van der Waals surface area contributed by atoms with Crippen molar-refractivity contribution >= 4 is 22.9 Å². The van der Waals surface area contributed by atoms with Gasteiger partial charge < -0.3 is 9.47 Å². The van der Waals surface area contributed by atoms with Crippen LogP contribution in [-0.2, 0) is 9.47 Å². The third kappa shape index (κ3) is 1.54. The number of rotatable bonds is 1. The van der Waals surface area contributed by atoms with Crippen LogP contribution in [0.3, 0.4) is 0 Å². The molecule has 2 rings (SSSR count). The van der Waals surface area contributed by atoms with Crippen LogP contribution < -0.4 is 0 Å². The quantitative estimate of drug-likeness (QED) is 0.634. The third-order valence-corrected chi connectivity index (χ3v) is 2.47. The van der Waals surface area contributed by atoms with E-state index in [1.807, 2.05) is 5.38 Å². The summed E-state index contributed by atoms with van der Waals surface area (Å²) in [6, 6.07) is 0. The highest BCUT2D eigenvalue weighted by atomic mass is 35.5. The fourth-order valence-electron chi connectivity index (χ4n) is 0.894. The van der Waals surface area contributed by atoms with Gasteiger partial charge in [-0.3, -0.25) is 0 Å². The van der Waals surface area contributed by atoms with E-state index in [1.165, 1.54) is 0 Å². The molecule has 11 heavy (non-hydrogen) atoms. The highest BCUT2D eigenvalue weighted by Crippen LogP contribution is 2.28. The molecule has 2 heterocycles. The summed E-state index contributed by atoms with van der Waals surface area (Å²) in [4.78, 5) is 4.09. The van der Waals surface area contributed by atoms with E-state index in [1.54, 1.807) is 17.5 Å². The molecule has 3 nitrogen and oxygen atoms in total. The van der Waals surface area contributed by atoms with Crippen LogP contribution in [0.4, 0.5) is 0 Å². The lowest BCUT2D eigenvalue weighted by atomic mass is 10.4. The fraction of sp³-hybridized carbons (Fsp3) is 0.500. The van der Waals surface area contributed by atoms with E-state index in [0.717, 1.165) is 5.01 Å². The molecule has 0 spiro atoms. The van der Waals surface area contributed by atoms with Crippen LogP contribution in [0.1, 0.15) is 11.1 Å². The van der Waals surface area contributed by atoms with Crippen LogP contribution in [0, 0.1) is 0 Å². The highest BCUT2D eigenvalue weighted by molar-refractivity contribution is 7.09. The molecule has 1 fully saturated rings. The molecule has 1 aromatic rings. The zero-order valence-corrected chi connectivity index (χ0v) is 7.14. The number of nitrogens with zero attached hydrogens (tertiary/aromatic N) is 1. The van der Waals surface area contributed by atoms with E-state index >= 15 is 0 Å². The molecule has 1 aliphatic heterocycles. The molecule has 0 aliphatic carbocycles. The normalized spacial score (nSPS) is 31.0. The first-order valence-corrected chi connectivity index (χ1v) is 4.48. The van der Waals surface area contributed by atoms with Crippen LogP contribution in [0.15, 0.2) is 11.6 Å². The number of hydrogen-bond acceptors (Lipinski definition) is 4. The summed E-state index contributed by atoms with van der Waals surface area (Å²) in [6.07, 6.45) is 1.67. The molecule has 0 N–H and O–H groups in total. The Kier molecular flexibility index (Phi) is 2.09. The minimum atomic E-state index is -0.608. The minimum absolute atomic E-state index is 0.0718. The number of halogens is 1. The average Bonchev–Trinajstić information content (AvgIpc) is 2.55. The molecule has 1 aliphatic rings. The number of thiazole rings is 1. The monoisotopic (exact) mass is 191 g/mol. The van der Waals surface area contributed by atoms with Gasteiger partial charge in [-0.05, 0) is 0 Å². The van der Waals surface area contributed by atoms with Gasteiger partial charge in [-0.15, -0.1) is 11.3 Å². The van der Waals surface area contributed by atoms with Crippen molar-refractivity contribution in [2.24, 2.45) is 0 Å². The van der Waals surface area contributed by atoms with Crippen molar-refractivity contribution in [3.63, 3.8) is 0 Å². The van der Waals surface area contributed by atoms with Crippen LogP contribution in [0.25, 0.3) is 0 Å². The summed E-state index contributed by atoms with van der Waals surface area (Å²) < 4.78 is 10.2. The SMILES string of the molecule is ClC1OCC(c2nccs2)O1. The molecular weight excluding hydrogens is 186 g/mol. The predicted octanol–water partition coefficient (Wildman–Crippen LogP) is 1.75. The first-order chi connectivity index (χ1) is 5.36. The molecule has 2 unspecified atom stereocenters. The van der Waals surface area contributed by atoms with E-state index < -0.39 is 5.75 Å². The van der Waals surface area contributed by atoms with Gasteiger partial charge in [0.25, 0.3) is 0 Å². The van der Waals surface area contributed by atoms with E-state index in [2.05, 4.69) is 4.98 Å². The van der Waals surface area contributed by atoms with Crippen LogP contribution in [0.5, 0.6) is 0 Å². The van der Waals surface area contributed by atoms with Crippen LogP contribution in [-0.4, -0.2) is 17.3 Å². The molecule has 2 atom stereocenters. The van der Waals surface area contributed by atoms with E-state index in [0.29, 0.717) is 6.61 Å². The molecular formula is C6H6ClNO2S. The van der Waals surface area contributed by atoms with Gasteiger partial charge >= 0.3 is 0 Å². The second-order valence-corrected chi connectivity index (χ2v) is 3.39. The summed E-state index contributed by atoms with van der Waals surface area (Å²) in [5, 5.41) is 2.83. The van der Waals surface area contributed by atoms with Gasteiger partial charge in [0.2, 0.25) is 5.75 Å². The second-order valence-electron chi connectivity index (χ2n) is 2.10. The molecule has 1 aromatic heterocycles. The minimum Gasteiger partial charge on any atom is -0.336 e. The lowest BCUT2D eigenvalue weighted by Gasteiger charge is -2.01. The van der Waals surface area contributed by atoms with E-state index in [4.69, 9.17) is 21.1 Å². The van der Waals surface area contributed by atoms with Gasteiger partial charge in [-0.1, -0.05) is 11.6 Å². The third-order valence-electron chi connectivity index (χ3n) is 1.38. The lowest BCUT2D eigenvalue weighted by molar-refractivity contribution is 0.00751. The van der Waals surface area contributed by atoms with Crippen molar-refractivity contribution in [2.45, 2.75) is 11.9 Å². The Labute approximate surface area is 72.9 Å². The summed E-state index contributed by atoms with van der Waals surface area (Å²) in [7, 11) is 0. The Bertz CT molecular complexity index is 228. The van der Waals surface area contributed by atoms with Gasteiger partial charge in [-0.25, -0.2) is 4.98 Å². The van der Waals surface area contributed by atoms with Crippen LogP contribution >= 0.6 is 22.9 Å². The predicted molar refractivity (Wildman–Crippen MR) is 41.5 cm³/mol. The Hall–Kier alpha value is -0.160. The maximum absolute atomic E-state index is 5.56. The van der Waals surface area contributed by atoms with Crippen LogP contribution in [0.2, 0.25) is 0 Å². The van der Waals surface area contributed by atoms with Crippen molar-refractivity contribution in [3.05, 3.63) is 16.6 Å². The maximum Gasteiger partial charge on any atom is 0.238 e. The van der Waals surface area contributed by atoms with Crippen molar-refractivity contribution < 1.29 is 9.47 Å². The fourth-order valence-corrected chi connectivity index (χ4v) is 1.75. The zero-order chi connectivity index (χ0) is 7.68. The second kappa shape index (κ2) is 3.06. The smallest absolute Gasteiger partial charge is 0.238 e. The Morgan fingerprint density at radius 2 is 2.64 bits per heavy atom. The summed E-state index contributed by atoms with van der Waals surface area (Å²) in [5.41, 5.74) is 0. The number of aromatic nitrogens is 1. The standard InChI is InChI=1S/C6H6ClNO2S/c7-6-9-3-4(10-6)5-8-1-2-11-5/h1-2,4,6H,3H2.